The molecule has 2 unspecified atom stereocenters. The molecule has 0 aliphatic heterocycles. The number of rotatable bonds is 4. The second kappa shape index (κ2) is 5.93. The summed E-state index contributed by atoms with van der Waals surface area (Å²) in [6.07, 6.45) is 5.72. The minimum Gasteiger partial charge on any atom is -0.481 e. The Morgan fingerprint density at radius 3 is 2.68 bits per heavy atom. The van der Waals surface area contributed by atoms with E-state index >= 15 is 0 Å². The van der Waals surface area contributed by atoms with Gasteiger partial charge in [-0.25, -0.2) is 0 Å². The largest absolute Gasteiger partial charge is 0.481 e. The van der Waals surface area contributed by atoms with Gasteiger partial charge in [-0.05, 0) is 24.8 Å². The Bertz CT molecular complexity index is 527. The Labute approximate surface area is 115 Å². The lowest BCUT2D eigenvalue weighted by Gasteiger charge is -2.13. The Balaban J connectivity index is 2.03. The van der Waals surface area contributed by atoms with Crippen LogP contribution in [0.1, 0.15) is 16.8 Å². The average Bonchev–Trinajstić information content (AvgIpc) is 2.87. The first-order chi connectivity index (χ1) is 9.11. The molecule has 0 fully saturated rings. The Kier molecular flexibility index (Phi) is 4.27. The van der Waals surface area contributed by atoms with E-state index in [4.69, 9.17) is 5.11 Å². The summed E-state index contributed by atoms with van der Waals surface area (Å²) in [6, 6.07) is 7.17. The van der Waals surface area contributed by atoms with Gasteiger partial charge in [0, 0.05) is 10.9 Å². The van der Waals surface area contributed by atoms with Crippen molar-refractivity contribution in [3.63, 3.8) is 0 Å². The van der Waals surface area contributed by atoms with Crippen LogP contribution in [0.2, 0.25) is 0 Å². The lowest BCUT2D eigenvalue weighted by Crippen LogP contribution is -2.33. The number of benzene rings is 1. The number of carboxylic acid groups (broad SMARTS) is 1. The van der Waals surface area contributed by atoms with Gasteiger partial charge in [0.2, 0.25) is 0 Å². The fourth-order valence-corrected chi connectivity index (χ4v) is 2.66. The zero-order chi connectivity index (χ0) is 13.8. The summed E-state index contributed by atoms with van der Waals surface area (Å²) in [7, 11) is 0. The molecule has 0 aromatic heterocycles. The third-order valence-corrected chi connectivity index (χ3v) is 3.86. The van der Waals surface area contributed by atoms with Gasteiger partial charge >= 0.3 is 5.97 Å². The summed E-state index contributed by atoms with van der Waals surface area (Å²) >= 11 is 1.51. The highest BCUT2D eigenvalue weighted by molar-refractivity contribution is 7.98. The van der Waals surface area contributed by atoms with Crippen molar-refractivity contribution >= 4 is 23.6 Å². The molecular formula is C14H15NO3S. The minimum atomic E-state index is -0.850. The van der Waals surface area contributed by atoms with Gasteiger partial charge in [-0.15, -0.1) is 11.8 Å². The van der Waals surface area contributed by atoms with Crippen LogP contribution in [-0.2, 0) is 4.79 Å². The molecule has 0 bridgehead atoms. The molecule has 1 aliphatic rings. The van der Waals surface area contributed by atoms with Crippen molar-refractivity contribution in [1.29, 1.82) is 0 Å². The highest BCUT2D eigenvalue weighted by Crippen LogP contribution is 2.22. The van der Waals surface area contributed by atoms with E-state index in [1.807, 2.05) is 24.5 Å². The number of carboxylic acids is 1. The number of hydrogen-bond donors (Lipinski definition) is 2. The van der Waals surface area contributed by atoms with E-state index in [9.17, 15) is 9.59 Å². The summed E-state index contributed by atoms with van der Waals surface area (Å²) < 4.78 is 0. The van der Waals surface area contributed by atoms with E-state index in [1.165, 1.54) is 11.8 Å². The third kappa shape index (κ3) is 3.17. The standard InChI is InChI=1S/C14H15NO3S/c1-19-12-5-3-2-4-11(12)13(16)15-10-7-6-9(8-10)14(17)18/h2-7,9-10H,8H2,1H3,(H,15,16)(H,17,18). The predicted octanol–water partition coefficient (Wildman–Crippen LogP) is 2.17. The molecule has 0 radical (unpaired) electrons. The summed E-state index contributed by atoms with van der Waals surface area (Å²) in [5, 5.41) is 11.7. The quantitative estimate of drug-likeness (QED) is 0.654. The number of nitrogens with one attached hydrogen (secondary N) is 1. The van der Waals surface area contributed by atoms with Crippen molar-refractivity contribution in [2.24, 2.45) is 5.92 Å². The van der Waals surface area contributed by atoms with Crippen molar-refractivity contribution in [3.8, 4) is 0 Å². The number of aliphatic carboxylic acids is 1. The van der Waals surface area contributed by atoms with Gasteiger partial charge in [-0.3, -0.25) is 9.59 Å². The van der Waals surface area contributed by atoms with Gasteiger partial charge in [-0.2, -0.15) is 0 Å². The number of thioether (sulfide) groups is 1. The zero-order valence-corrected chi connectivity index (χ0v) is 11.3. The smallest absolute Gasteiger partial charge is 0.310 e. The second-order valence-electron chi connectivity index (χ2n) is 4.35. The molecule has 4 nitrogen and oxygen atoms in total. The fourth-order valence-electron chi connectivity index (χ4n) is 2.07. The highest BCUT2D eigenvalue weighted by atomic mass is 32.2. The zero-order valence-electron chi connectivity index (χ0n) is 10.5. The number of carbonyl (C=O) groups is 2. The van der Waals surface area contributed by atoms with Crippen LogP contribution in [0.5, 0.6) is 0 Å². The van der Waals surface area contributed by atoms with Gasteiger partial charge in [-0.1, -0.05) is 24.3 Å². The van der Waals surface area contributed by atoms with Crippen LogP contribution < -0.4 is 5.32 Å². The first-order valence-electron chi connectivity index (χ1n) is 5.97. The topological polar surface area (TPSA) is 66.4 Å². The molecule has 1 aliphatic carbocycles. The molecule has 1 amide bonds. The molecule has 19 heavy (non-hydrogen) atoms. The van der Waals surface area contributed by atoms with Crippen LogP contribution >= 0.6 is 11.8 Å². The van der Waals surface area contributed by atoms with E-state index in [0.29, 0.717) is 12.0 Å². The van der Waals surface area contributed by atoms with Gasteiger partial charge in [0.25, 0.3) is 5.91 Å². The molecule has 2 rings (SSSR count). The van der Waals surface area contributed by atoms with Crippen LogP contribution in [0.3, 0.4) is 0 Å². The molecule has 1 aromatic rings. The summed E-state index contributed by atoms with van der Waals surface area (Å²) in [5.41, 5.74) is 0.627. The predicted molar refractivity (Wildman–Crippen MR) is 74.4 cm³/mol. The van der Waals surface area contributed by atoms with Crippen molar-refractivity contribution in [3.05, 3.63) is 42.0 Å². The molecule has 0 heterocycles. The molecule has 0 spiro atoms. The highest BCUT2D eigenvalue weighted by Gasteiger charge is 2.25. The van der Waals surface area contributed by atoms with Crippen LogP contribution in [0.25, 0.3) is 0 Å². The summed E-state index contributed by atoms with van der Waals surface area (Å²) in [5.74, 6) is -1.51. The van der Waals surface area contributed by atoms with Crippen LogP contribution in [0.4, 0.5) is 0 Å². The lowest BCUT2D eigenvalue weighted by atomic mass is 10.1. The molecule has 5 heteroatoms. The Hall–Kier alpha value is -1.75. The van der Waals surface area contributed by atoms with Crippen LogP contribution in [-0.4, -0.2) is 29.3 Å². The average molecular weight is 277 g/mol. The normalized spacial score (nSPS) is 21.3. The maximum Gasteiger partial charge on any atom is 0.310 e. The lowest BCUT2D eigenvalue weighted by molar-refractivity contribution is -0.140. The van der Waals surface area contributed by atoms with Gasteiger partial charge in [0.05, 0.1) is 11.5 Å². The van der Waals surface area contributed by atoms with Crippen LogP contribution in [0.15, 0.2) is 41.3 Å². The van der Waals surface area contributed by atoms with Crippen molar-refractivity contribution in [1.82, 2.24) is 5.32 Å². The van der Waals surface area contributed by atoms with Crippen molar-refractivity contribution in [2.75, 3.05) is 6.26 Å². The minimum absolute atomic E-state index is 0.161. The Morgan fingerprint density at radius 1 is 1.32 bits per heavy atom. The molecule has 0 saturated carbocycles. The maximum absolute atomic E-state index is 12.2. The first kappa shape index (κ1) is 13.7. The molecular weight excluding hydrogens is 262 g/mol. The SMILES string of the molecule is CSc1ccccc1C(=O)NC1C=CC(C(=O)O)C1. The first-order valence-corrected chi connectivity index (χ1v) is 7.19. The van der Waals surface area contributed by atoms with Gasteiger partial charge in [0.15, 0.2) is 0 Å². The van der Waals surface area contributed by atoms with E-state index in [1.54, 1.807) is 18.2 Å². The second-order valence-corrected chi connectivity index (χ2v) is 5.19. The maximum atomic E-state index is 12.2. The summed E-state index contributed by atoms with van der Waals surface area (Å²) in [6.45, 7) is 0. The monoisotopic (exact) mass is 277 g/mol. The number of amides is 1. The number of carbonyl (C=O) groups excluding carboxylic acids is 1. The van der Waals surface area contributed by atoms with E-state index in [2.05, 4.69) is 5.32 Å². The van der Waals surface area contributed by atoms with Crippen LogP contribution in [0, 0.1) is 5.92 Å². The number of hydrogen-bond acceptors (Lipinski definition) is 3. The summed E-state index contributed by atoms with van der Waals surface area (Å²) in [4.78, 5) is 23.9. The van der Waals surface area contributed by atoms with Gasteiger partial charge < -0.3 is 10.4 Å². The van der Waals surface area contributed by atoms with Crippen molar-refractivity contribution in [2.45, 2.75) is 17.4 Å². The third-order valence-electron chi connectivity index (χ3n) is 3.07. The van der Waals surface area contributed by atoms with E-state index in [0.717, 1.165) is 4.90 Å². The molecule has 100 valence electrons. The Morgan fingerprint density at radius 2 is 2.05 bits per heavy atom. The van der Waals surface area contributed by atoms with E-state index in [-0.39, 0.29) is 11.9 Å². The van der Waals surface area contributed by atoms with Crippen molar-refractivity contribution < 1.29 is 14.7 Å². The molecule has 2 N–H and O–H groups in total. The van der Waals surface area contributed by atoms with Gasteiger partial charge in [0.1, 0.15) is 0 Å². The molecule has 0 saturated heterocycles. The fraction of sp³-hybridized carbons (Fsp3) is 0.286. The van der Waals surface area contributed by atoms with E-state index < -0.39 is 11.9 Å². The molecule has 1 aromatic carbocycles. The molecule has 2 atom stereocenters.